The molecular formula is C22H25F2N5O3. The van der Waals surface area contributed by atoms with Crippen molar-refractivity contribution in [3.8, 4) is 0 Å². The van der Waals surface area contributed by atoms with Gasteiger partial charge in [0.1, 0.15) is 17.5 Å². The van der Waals surface area contributed by atoms with Crippen LogP contribution in [0.3, 0.4) is 0 Å². The van der Waals surface area contributed by atoms with Crippen molar-refractivity contribution in [2.75, 3.05) is 54.5 Å². The number of hydrogen-bond acceptors (Lipinski definition) is 6. The highest BCUT2D eigenvalue weighted by Gasteiger charge is 2.54. The number of carbonyl (C=O) groups is 1. The Bertz CT molecular complexity index is 1140. The summed E-state index contributed by atoms with van der Waals surface area (Å²) in [7, 11) is 1.91. The molecule has 1 fully saturated rings. The highest BCUT2D eigenvalue weighted by atomic mass is 19.1. The van der Waals surface area contributed by atoms with Crippen molar-refractivity contribution in [1.82, 2.24) is 9.97 Å². The number of anilines is 3. The third kappa shape index (κ3) is 3.00. The molecule has 3 aliphatic heterocycles. The molecule has 0 aliphatic carbocycles. The first-order valence-corrected chi connectivity index (χ1v) is 10.9. The van der Waals surface area contributed by atoms with Crippen LogP contribution >= 0.6 is 0 Å². The Labute approximate surface area is 183 Å². The minimum Gasteiger partial charge on any atom is -0.395 e. The highest BCUT2D eigenvalue weighted by molar-refractivity contribution is 6.08. The topological polar surface area (TPSA) is 92.8 Å². The van der Waals surface area contributed by atoms with Gasteiger partial charge in [-0.3, -0.25) is 14.6 Å². The normalized spacial score (nSPS) is 19.5. The minimum absolute atomic E-state index is 0.0216. The largest absolute Gasteiger partial charge is 0.395 e. The fourth-order valence-electron chi connectivity index (χ4n) is 5.37. The minimum atomic E-state index is -1.12. The van der Waals surface area contributed by atoms with Crippen LogP contribution in [0.5, 0.6) is 0 Å². The van der Waals surface area contributed by atoms with E-state index in [0.717, 1.165) is 25.1 Å². The molecule has 1 aromatic carbocycles. The van der Waals surface area contributed by atoms with Gasteiger partial charge in [0.2, 0.25) is 11.9 Å². The van der Waals surface area contributed by atoms with E-state index in [1.807, 2.05) is 16.8 Å². The van der Waals surface area contributed by atoms with Crippen LogP contribution in [-0.4, -0.2) is 60.8 Å². The lowest BCUT2D eigenvalue weighted by Crippen LogP contribution is -2.50. The Morgan fingerprint density at radius 2 is 1.94 bits per heavy atom. The third-order valence-electron chi connectivity index (χ3n) is 6.96. The fourth-order valence-corrected chi connectivity index (χ4v) is 5.37. The molecule has 4 heterocycles. The molecule has 0 atom stereocenters. The molecule has 10 heteroatoms. The molecule has 0 radical (unpaired) electrons. The first kappa shape index (κ1) is 20.9. The number of amides is 1. The number of fused-ring (bicyclic) bond motifs is 3. The van der Waals surface area contributed by atoms with E-state index in [0.29, 0.717) is 49.7 Å². The van der Waals surface area contributed by atoms with Crippen LogP contribution in [0.15, 0.2) is 16.9 Å². The summed E-state index contributed by atoms with van der Waals surface area (Å²) in [4.78, 5) is 38.7. The Balaban J connectivity index is 1.47. The summed E-state index contributed by atoms with van der Waals surface area (Å²) in [6.45, 7) is 1.25. The molecule has 3 aliphatic rings. The third-order valence-corrected chi connectivity index (χ3v) is 6.96. The molecule has 32 heavy (non-hydrogen) atoms. The number of nitrogens with one attached hydrogen (secondary N) is 1. The molecule has 2 aromatic rings. The molecule has 0 saturated carbocycles. The molecule has 8 nitrogen and oxygen atoms in total. The maximum Gasteiger partial charge on any atom is 0.257 e. The maximum absolute atomic E-state index is 14.9. The fraction of sp³-hybridized carbons (Fsp3) is 0.500. The van der Waals surface area contributed by atoms with Crippen molar-refractivity contribution >= 4 is 23.4 Å². The van der Waals surface area contributed by atoms with Gasteiger partial charge in [0, 0.05) is 44.9 Å². The molecule has 0 bridgehead atoms. The summed E-state index contributed by atoms with van der Waals surface area (Å²) in [5.74, 6) is -0.712. The van der Waals surface area contributed by atoms with Crippen molar-refractivity contribution in [2.24, 2.45) is 0 Å². The van der Waals surface area contributed by atoms with Gasteiger partial charge >= 0.3 is 0 Å². The Morgan fingerprint density at radius 1 is 1.19 bits per heavy atom. The van der Waals surface area contributed by atoms with Crippen LogP contribution in [-0.2, 0) is 16.6 Å². The predicted octanol–water partition coefficient (Wildman–Crippen LogP) is 1.31. The molecule has 1 aromatic heterocycles. The summed E-state index contributed by atoms with van der Waals surface area (Å²) in [6, 6.07) is 1.96. The highest BCUT2D eigenvalue weighted by Crippen LogP contribution is 2.49. The van der Waals surface area contributed by atoms with Gasteiger partial charge in [-0.15, -0.1) is 0 Å². The second-order valence-electron chi connectivity index (χ2n) is 8.75. The van der Waals surface area contributed by atoms with E-state index in [9.17, 15) is 23.5 Å². The number of H-pyrrole nitrogens is 1. The van der Waals surface area contributed by atoms with Crippen LogP contribution < -0.4 is 20.3 Å². The lowest BCUT2D eigenvalue weighted by Gasteiger charge is -2.39. The number of piperidine rings is 1. The van der Waals surface area contributed by atoms with Crippen LogP contribution in [0.1, 0.15) is 30.4 Å². The number of hydrogen-bond donors (Lipinski definition) is 2. The quantitative estimate of drug-likeness (QED) is 0.740. The monoisotopic (exact) mass is 445 g/mol. The van der Waals surface area contributed by atoms with E-state index in [2.05, 4.69) is 9.97 Å². The second-order valence-corrected chi connectivity index (χ2v) is 8.75. The molecule has 1 amide bonds. The van der Waals surface area contributed by atoms with Crippen LogP contribution in [0.25, 0.3) is 0 Å². The Morgan fingerprint density at radius 3 is 2.66 bits per heavy atom. The number of carbonyl (C=O) groups excluding carboxylic acids is 1. The van der Waals surface area contributed by atoms with Gasteiger partial charge in [-0.2, -0.15) is 4.98 Å². The zero-order valence-corrected chi connectivity index (χ0v) is 17.8. The SMILES string of the molecule is CN1CCCc2c1nc(N1CCC3(CC1)C(=O)N(CCO)c1cc(F)cc(F)c13)[nH]c2=O. The van der Waals surface area contributed by atoms with Crippen molar-refractivity contribution in [3.05, 3.63) is 45.2 Å². The number of nitrogens with zero attached hydrogens (tertiary/aromatic N) is 4. The average molecular weight is 445 g/mol. The maximum atomic E-state index is 14.9. The first-order chi connectivity index (χ1) is 15.4. The zero-order chi connectivity index (χ0) is 22.6. The Hall–Kier alpha value is -3.01. The predicted molar refractivity (Wildman–Crippen MR) is 115 cm³/mol. The van der Waals surface area contributed by atoms with E-state index in [4.69, 9.17) is 0 Å². The number of aromatic nitrogens is 2. The first-order valence-electron chi connectivity index (χ1n) is 10.9. The van der Waals surface area contributed by atoms with E-state index in [1.54, 1.807) is 0 Å². The van der Waals surface area contributed by atoms with Gasteiger partial charge in [0.05, 0.1) is 23.3 Å². The Kier molecular flexibility index (Phi) is 4.92. The molecule has 170 valence electrons. The summed E-state index contributed by atoms with van der Waals surface area (Å²) in [5.41, 5.74) is -0.209. The average Bonchev–Trinajstić information content (AvgIpc) is 2.98. The van der Waals surface area contributed by atoms with Gasteiger partial charge in [-0.25, -0.2) is 8.78 Å². The summed E-state index contributed by atoms with van der Waals surface area (Å²) in [6.07, 6.45) is 2.17. The van der Waals surface area contributed by atoms with Gasteiger partial charge < -0.3 is 19.8 Å². The number of rotatable bonds is 3. The van der Waals surface area contributed by atoms with E-state index >= 15 is 0 Å². The number of benzene rings is 1. The van der Waals surface area contributed by atoms with E-state index in [1.165, 1.54) is 4.90 Å². The van der Waals surface area contributed by atoms with Gasteiger partial charge in [-0.05, 0) is 31.7 Å². The molecule has 2 N–H and O–H groups in total. The number of halogens is 2. The van der Waals surface area contributed by atoms with Gasteiger partial charge in [0.15, 0.2) is 0 Å². The number of aromatic amines is 1. The lowest BCUT2D eigenvalue weighted by molar-refractivity contribution is -0.124. The summed E-state index contributed by atoms with van der Waals surface area (Å²) >= 11 is 0. The molecule has 5 rings (SSSR count). The molecule has 0 unspecified atom stereocenters. The van der Waals surface area contributed by atoms with E-state index in [-0.39, 0.29) is 35.9 Å². The van der Waals surface area contributed by atoms with Crippen LogP contribution in [0.4, 0.5) is 26.2 Å². The smallest absolute Gasteiger partial charge is 0.257 e. The number of β-amino-alcohol motifs (C(OH)–C–C–N with tert-alkyl or cyclic N) is 1. The summed E-state index contributed by atoms with van der Waals surface area (Å²) < 4.78 is 28.8. The molecule has 1 saturated heterocycles. The van der Waals surface area contributed by atoms with Crippen molar-refractivity contribution in [2.45, 2.75) is 31.1 Å². The standard InChI is InChI=1S/C22H25F2N5O3/c1-27-6-2-3-14-18(27)25-21(26-19(14)31)28-7-4-22(5-8-28)17-15(24)11-13(23)12-16(17)29(9-10-30)20(22)32/h11-12,30H,2-10H2,1H3,(H,25,26,31). The lowest BCUT2D eigenvalue weighted by atomic mass is 9.73. The van der Waals surface area contributed by atoms with Crippen LogP contribution in [0, 0.1) is 11.6 Å². The molecular weight excluding hydrogens is 420 g/mol. The number of aliphatic hydroxyl groups excluding tert-OH is 1. The van der Waals surface area contributed by atoms with E-state index < -0.39 is 17.0 Å². The second kappa shape index (κ2) is 7.54. The summed E-state index contributed by atoms with van der Waals surface area (Å²) in [5, 5.41) is 9.39. The van der Waals surface area contributed by atoms with Crippen molar-refractivity contribution < 1.29 is 18.7 Å². The zero-order valence-electron chi connectivity index (χ0n) is 17.8. The van der Waals surface area contributed by atoms with Gasteiger partial charge in [0.25, 0.3) is 5.56 Å². The molecule has 1 spiro atoms. The van der Waals surface area contributed by atoms with Crippen molar-refractivity contribution in [3.63, 3.8) is 0 Å². The number of aliphatic hydroxyl groups is 1. The van der Waals surface area contributed by atoms with Crippen LogP contribution in [0.2, 0.25) is 0 Å². The van der Waals surface area contributed by atoms with Crippen molar-refractivity contribution in [1.29, 1.82) is 0 Å². The van der Waals surface area contributed by atoms with Gasteiger partial charge in [-0.1, -0.05) is 0 Å².